The molecule has 0 bridgehead atoms. The van der Waals surface area contributed by atoms with E-state index in [1.54, 1.807) is 17.2 Å². The highest BCUT2D eigenvalue weighted by molar-refractivity contribution is 5.92. The maximum atomic E-state index is 12.7. The van der Waals surface area contributed by atoms with E-state index in [0.29, 0.717) is 18.8 Å². The fourth-order valence-corrected chi connectivity index (χ4v) is 3.70. The molecule has 1 saturated carbocycles. The number of amides is 2. The van der Waals surface area contributed by atoms with Crippen LogP contribution in [0.25, 0.3) is 0 Å². The van der Waals surface area contributed by atoms with Crippen molar-refractivity contribution in [1.82, 2.24) is 15.2 Å². The van der Waals surface area contributed by atoms with Gasteiger partial charge in [-0.15, -0.1) is 0 Å². The molecule has 1 aliphatic carbocycles. The monoisotopic (exact) mass is 363 g/mol. The van der Waals surface area contributed by atoms with Gasteiger partial charge in [0.25, 0.3) is 5.91 Å². The van der Waals surface area contributed by atoms with Crippen molar-refractivity contribution in [3.05, 3.63) is 65.5 Å². The van der Waals surface area contributed by atoms with Gasteiger partial charge in [-0.2, -0.15) is 0 Å². The van der Waals surface area contributed by atoms with Gasteiger partial charge in [-0.25, -0.2) is 0 Å². The van der Waals surface area contributed by atoms with Crippen molar-refractivity contribution in [2.45, 2.75) is 38.1 Å². The SMILES string of the molecule is O=C(NC1CCN(C(=O)c2ccc(Cc3ccccc3)cn2)C1)C1CCC1. The molecule has 1 aromatic carbocycles. The molecule has 5 heteroatoms. The van der Waals surface area contributed by atoms with Gasteiger partial charge in [0.2, 0.25) is 5.91 Å². The average molecular weight is 363 g/mol. The molecule has 2 aromatic rings. The zero-order valence-corrected chi connectivity index (χ0v) is 15.4. The third-order valence-corrected chi connectivity index (χ3v) is 5.59. The van der Waals surface area contributed by atoms with E-state index >= 15 is 0 Å². The van der Waals surface area contributed by atoms with E-state index in [9.17, 15) is 9.59 Å². The van der Waals surface area contributed by atoms with Crippen molar-refractivity contribution in [2.24, 2.45) is 5.92 Å². The molecule has 4 rings (SSSR count). The van der Waals surface area contributed by atoms with E-state index in [4.69, 9.17) is 0 Å². The number of hydrogen-bond donors (Lipinski definition) is 1. The second-order valence-corrected chi connectivity index (χ2v) is 7.59. The lowest BCUT2D eigenvalue weighted by atomic mass is 9.84. The van der Waals surface area contributed by atoms with E-state index < -0.39 is 0 Å². The Morgan fingerprint density at radius 2 is 1.85 bits per heavy atom. The summed E-state index contributed by atoms with van der Waals surface area (Å²) >= 11 is 0. The van der Waals surface area contributed by atoms with Crippen molar-refractivity contribution in [3.63, 3.8) is 0 Å². The van der Waals surface area contributed by atoms with Gasteiger partial charge in [-0.05, 0) is 42.9 Å². The van der Waals surface area contributed by atoms with Crippen molar-refractivity contribution in [3.8, 4) is 0 Å². The Morgan fingerprint density at radius 1 is 1.04 bits per heavy atom. The molecule has 2 fully saturated rings. The first-order chi connectivity index (χ1) is 13.2. The molecular formula is C22H25N3O2. The predicted molar refractivity (Wildman–Crippen MR) is 103 cm³/mol. The Balaban J connectivity index is 1.32. The van der Waals surface area contributed by atoms with Crippen LogP contribution in [0.1, 0.15) is 47.3 Å². The van der Waals surface area contributed by atoms with Gasteiger partial charge in [0.1, 0.15) is 5.69 Å². The number of carbonyl (C=O) groups excluding carboxylic acids is 2. The molecule has 140 valence electrons. The number of rotatable bonds is 5. The maximum Gasteiger partial charge on any atom is 0.272 e. The number of nitrogens with zero attached hydrogens (tertiary/aromatic N) is 2. The van der Waals surface area contributed by atoms with Gasteiger partial charge in [0, 0.05) is 31.2 Å². The summed E-state index contributed by atoms with van der Waals surface area (Å²) in [6.07, 6.45) is 6.56. The van der Waals surface area contributed by atoms with Crippen LogP contribution in [-0.4, -0.2) is 40.8 Å². The van der Waals surface area contributed by atoms with Crippen LogP contribution >= 0.6 is 0 Å². The van der Waals surface area contributed by atoms with Crippen molar-refractivity contribution in [1.29, 1.82) is 0 Å². The number of hydrogen-bond acceptors (Lipinski definition) is 3. The molecular weight excluding hydrogens is 338 g/mol. The van der Waals surface area contributed by atoms with Gasteiger partial charge in [-0.1, -0.05) is 42.8 Å². The minimum absolute atomic E-state index is 0.0540. The van der Waals surface area contributed by atoms with Crippen LogP contribution < -0.4 is 5.32 Å². The van der Waals surface area contributed by atoms with Crippen LogP contribution in [0.4, 0.5) is 0 Å². The molecule has 1 atom stereocenters. The highest BCUT2D eigenvalue weighted by atomic mass is 16.2. The average Bonchev–Trinajstić information content (AvgIpc) is 3.09. The first kappa shape index (κ1) is 17.7. The lowest BCUT2D eigenvalue weighted by molar-refractivity contribution is -0.128. The normalized spacial score (nSPS) is 19.6. The molecule has 0 radical (unpaired) electrons. The van der Waals surface area contributed by atoms with Crippen molar-refractivity contribution >= 4 is 11.8 Å². The fourth-order valence-electron chi connectivity index (χ4n) is 3.70. The van der Waals surface area contributed by atoms with Crippen LogP contribution in [0.3, 0.4) is 0 Å². The first-order valence-electron chi connectivity index (χ1n) is 9.77. The zero-order valence-electron chi connectivity index (χ0n) is 15.4. The highest BCUT2D eigenvalue weighted by Crippen LogP contribution is 2.26. The minimum Gasteiger partial charge on any atom is -0.351 e. The van der Waals surface area contributed by atoms with Crippen LogP contribution in [0.2, 0.25) is 0 Å². The molecule has 1 N–H and O–H groups in total. The van der Waals surface area contributed by atoms with Crippen molar-refractivity contribution in [2.75, 3.05) is 13.1 Å². The molecule has 0 spiro atoms. The standard InChI is InChI=1S/C22H25N3O2/c26-21(18-7-4-8-18)24-19-11-12-25(15-19)22(27)20-10-9-17(14-23-20)13-16-5-2-1-3-6-16/h1-3,5-6,9-10,14,18-19H,4,7-8,11-13,15H2,(H,24,26). The Hall–Kier alpha value is -2.69. The quantitative estimate of drug-likeness (QED) is 0.889. The number of likely N-dealkylation sites (tertiary alicyclic amines) is 1. The molecule has 1 aromatic heterocycles. The largest absolute Gasteiger partial charge is 0.351 e. The summed E-state index contributed by atoms with van der Waals surface area (Å²) < 4.78 is 0. The van der Waals surface area contributed by atoms with Gasteiger partial charge in [0.05, 0.1) is 0 Å². The van der Waals surface area contributed by atoms with Gasteiger partial charge in [-0.3, -0.25) is 14.6 Å². The van der Waals surface area contributed by atoms with Crippen LogP contribution in [0, 0.1) is 5.92 Å². The summed E-state index contributed by atoms with van der Waals surface area (Å²) in [4.78, 5) is 31.0. The molecule has 2 amide bonds. The highest BCUT2D eigenvalue weighted by Gasteiger charge is 2.31. The lowest BCUT2D eigenvalue weighted by Gasteiger charge is -2.26. The summed E-state index contributed by atoms with van der Waals surface area (Å²) in [5.41, 5.74) is 2.78. The van der Waals surface area contributed by atoms with E-state index in [1.165, 1.54) is 5.56 Å². The first-order valence-corrected chi connectivity index (χ1v) is 9.77. The Morgan fingerprint density at radius 3 is 2.52 bits per heavy atom. The smallest absolute Gasteiger partial charge is 0.272 e. The summed E-state index contributed by atoms with van der Waals surface area (Å²) in [5.74, 6) is 0.291. The van der Waals surface area contributed by atoms with Crippen molar-refractivity contribution < 1.29 is 9.59 Å². The number of benzene rings is 1. The zero-order chi connectivity index (χ0) is 18.6. The molecule has 27 heavy (non-hydrogen) atoms. The second-order valence-electron chi connectivity index (χ2n) is 7.59. The Kier molecular flexibility index (Phi) is 5.19. The van der Waals surface area contributed by atoms with Crippen LogP contribution in [0.5, 0.6) is 0 Å². The Labute approximate surface area is 159 Å². The van der Waals surface area contributed by atoms with Crippen LogP contribution in [0.15, 0.2) is 48.7 Å². The second kappa shape index (κ2) is 7.91. The van der Waals surface area contributed by atoms with E-state index in [0.717, 1.165) is 37.7 Å². The van der Waals surface area contributed by atoms with E-state index in [2.05, 4.69) is 22.4 Å². The van der Waals surface area contributed by atoms with Crippen LogP contribution in [-0.2, 0) is 11.2 Å². The molecule has 1 saturated heterocycles. The third kappa shape index (κ3) is 4.18. The number of pyridine rings is 1. The maximum absolute atomic E-state index is 12.7. The number of nitrogens with one attached hydrogen (secondary N) is 1. The number of aromatic nitrogens is 1. The summed E-state index contributed by atoms with van der Waals surface area (Å²) in [7, 11) is 0. The van der Waals surface area contributed by atoms with Gasteiger partial charge >= 0.3 is 0 Å². The molecule has 1 aliphatic heterocycles. The third-order valence-electron chi connectivity index (χ3n) is 5.59. The summed E-state index contributed by atoms with van der Waals surface area (Å²) in [5, 5.41) is 3.10. The Bertz CT molecular complexity index is 800. The van der Waals surface area contributed by atoms with E-state index in [1.807, 2.05) is 24.3 Å². The molecule has 2 aliphatic rings. The fraction of sp³-hybridized carbons (Fsp3) is 0.409. The number of carbonyl (C=O) groups is 2. The topological polar surface area (TPSA) is 62.3 Å². The lowest BCUT2D eigenvalue weighted by Crippen LogP contribution is -2.43. The molecule has 2 heterocycles. The van der Waals surface area contributed by atoms with E-state index in [-0.39, 0.29) is 23.8 Å². The molecule has 5 nitrogen and oxygen atoms in total. The minimum atomic E-state index is -0.0540. The summed E-state index contributed by atoms with van der Waals surface area (Å²) in [6.45, 7) is 1.24. The summed E-state index contributed by atoms with van der Waals surface area (Å²) in [6, 6.07) is 14.1. The van der Waals surface area contributed by atoms with Gasteiger partial charge < -0.3 is 10.2 Å². The predicted octanol–water partition coefficient (Wildman–Crippen LogP) is 2.80. The van der Waals surface area contributed by atoms with Gasteiger partial charge in [0.15, 0.2) is 0 Å². The molecule has 1 unspecified atom stereocenters.